The van der Waals surface area contributed by atoms with Gasteiger partial charge in [-0.15, -0.1) is 0 Å². The molecule has 2 rings (SSSR count). The molecular weight excluding hydrogens is 247 g/mol. The lowest BCUT2D eigenvalue weighted by molar-refractivity contribution is 0.0921. The second-order valence-corrected chi connectivity index (χ2v) is 4.24. The molecule has 1 heterocycles. The Balaban J connectivity index is 1.98. The van der Waals surface area contributed by atoms with Crippen LogP contribution in [0.15, 0.2) is 34.7 Å². The summed E-state index contributed by atoms with van der Waals surface area (Å²) in [4.78, 5) is 11.8. The Hall–Kier alpha value is -2.14. The Bertz CT molecular complexity index is 593. The van der Waals surface area contributed by atoms with Crippen molar-refractivity contribution in [1.82, 2.24) is 5.32 Å². The number of carbonyl (C=O) groups is 1. The molecule has 0 spiro atoms. The fourth-order valence-corrected chi connectivity index (χ4v) is 1.63. The summed E-state index contributed by atoms with van der Waals surface area (Å²) in [6.45, 7) is 2.18. The third kappa shape index (κ3) is 3.20. The van der Waals surface area contributed by atoms with E-state index < -0.39 is 0 Å². The minimum atomic E-state index is -0.347. The van der Waals surface area contributed by atoms with Crippen LogP contribution in [0.5, 0.6) is 0 Å². The number of furan rings is 1. The number of halogens is 1. The van der Waals surface area contributed by atoms with Crippen LogP contribution in [0.4, 0.5) is 4.39 Å². The molecule has 0 fully saturated rings. The minimum Gasteiger partial charge on any atom is -0.455 e. The summed E-state index contributed by atoms with van der Waals surface area (Å²) in [6.07, 6.45) is 0. The first-order valence-electron chi connectivity index (χ1n) is 5.92. The van der Waals surface area contributed by atoms with E-state index in [1.54, 1.807) is 31.2 Å². The summed E-state index contributed by atoms with van der Waals surface area (Å²) in [6, 6.07) is 8.07. The zero-order chi connectivity index (χ0) is 13.8. The maximum absolute atomic E-state index is 13.3. The van der Waals surface area contributed by atoms with Gasteiger partial charge in [-0.25, -0.2) is 4.39 Å². The highest BCUT2D eigenvalue weighted by Crippen LogP contribution is 2.10. The average molecular weight is 262 g/mol. The van der Waals surface area contributed by atoms with Crippen molar-refractivity contribution in [2.75, 3.05) is 0 Å². The first kappa shape index (κ1) is 13.3. The number of rotatable bonds is 4. The van der Waals surface area contributed by atoms with Gasteiger partial charge in [0.2, 0.25) is 0 Å². The number of carbonyl (C=O) groups excluding carboxylic acids is 1. The maximum Gasteiger partial charge on any atom is 0.287 e. The number of amides is 1. The van der Waals surface area contributed by atoms with Gasteiger partial charge < -0.3 is 15.5 Å². The first-order valence-corrected chi connectivity index (χ1v) is 5.92. The molecule has 0 bridgehead atoms. The van der Waals surface area contributed by atoms with Crippen molar-refractivity contribution < 1.29 is 13.6 Å². The van der Waals surface area contributed by atoms with E-state index in [1.807, 2.05) is 0 Å². The first-order chi connectivity index (χ1) is 9.10. The summed E-state index contributed by atoms with van der Waals surface area (Å²) < 4.78 is 18.5. The molecule has 100 valence electrons. The van der Waals surface area contributed by atoms with Gasteiger partial charge in [-0.3, -0.25) is 4.79 Å². The van der Waals surface area contributed by atoms with Crippen molar-refractivity contribution in [3.8, 4) is 0 Å². The molecule has 0 radical (unpaired) electrons. The van der Waals surface area contributed by atoms with Crippen LogP contribution < -0.4 is 11.1 Å². The number of nitrogens with two attached hydrogens (primary N) is 1. The Morgan fingerprint density at radius 2 is 2.16 bits per heavy atom. The van der Waals surface area contributed by atoms with Crippen molar-refractivity contribution in [3.63, 3.8) is 0 Å². The molecule has 19 heavy (non-hydrogen) atoms. The predicted molar refractivity (Wildman–Crippen MR) is 68.9 cm³/mol. The molecule has 1 aromatic carbocycles. The minimum absolute atomic E-state index is 0.202. The van der Waals surface area contributed by atoms with E-state index >= 15 is 0 Å². The van der Waals surface area contributed by atoms with E-state index in [9.17, 15) is 9.18 Å². The van der Waals surface area contributed by atoms with E-state index in [0.29, 0.717) is 16.9 Å². The number of benzene rings is 1. The lowest BCUT2D eigenvalue weighted by atomic mass is 10.1. The third-order valence-corrected chi connectivity index (χ3v) is 2.78. The van der Waals surface area contributed by atoms with E-state index in [-0.39, 0.29) is 30.6 Å². The Kier molecular flexibility index (Phi) is 3.97. The van der Waals surface area contributed by atoms with Crippen LogP contribution in [0.2, 0.25) is 0 Å². The SMILES string of the molecule is Cc1ccc(CNC(=O)c2ccc(CN)o2)cc1F. The Labute approximate surface area is 110 Å². The highest BCUT2D eigenvalue weighted by molar-refractivity contribution is 5.91. The highest BCUT2D eigenvalue weighted by Gasteiger charge is 2.10. The monoisotopic (exact) mass is 262 g/mol. The predicted octanol–water partition coefficient (Wildman–Crippen LogP) is 2.12. The molecule has 1 aromatic heterocycles. The van der Waals surface area contributed by atoms with Gasteiger partial charge in [0.1, 0.15) is 11.6 Å². The summed E-state index contributed by atoms with van der Waals surface area (Å²) in [5.74, 6) is 0.121. The Morgan fingerprint density at radius 1 is 1.37 bits per heavy atom. The van der Waals surface area contributed by atoms with E-state index in [0.717, 1.165) is 0 Å². The van der Waals surface area contributed by atoms with Gasteiger partial charge in [0, 0.05) is 6.54 Å². The van der Waals surface area contributed by atoms with Crippen LogP contribution in [0.1, 0.15) is 27.4 Å². The molecule has 5 heteroatoms. The van der Waals surface area contributed by atoms with Crippen LogP contribution in [0.3, 0.4) is 0 Å². The molecule has 0 unspecified atom stereocenters. The van der Waals surface area contributed by atoms with E-state index in [1.165, 1.54) is 6.07 Å². The molecule has 0 atom stereocenters. The molecule has 4 nitrogen and oxygen atoms in total. The molecule has 0 saturated carbocycles. The number of aryl methyl sites for hydroxylation is 1. The summed E-state index contributed by atoms with van der Waals surface area (Å²) in [5.41, 5.74) is 6.67. The van der Waals surface area contributed by atoms with Crippen molar-refractivity contribution >= 4 is 5.91 Å². The van der Waals surface area contributed by atoms with Crippen molar-refractivity contribution in [2.24, 2.45) is 5.73 Å². The van der Waals surface area contributed by atoms with Crippen LogP contribution in [0, 0.1) is 12.7 Å². The largest absolute Gasteiger partial charge is 0.455 e. The summed E-state index contributed by atoms with van der Waals surface area (Å²) in [7, 11) is 0. The van der Waals surface area contributed by atoms with Crippen LogP contribution >= 0.6 is 0 Å². The van der Waals surface area contributed by atoms with Gasteiger partial charge in [-0.2, -0.15) is 0 Å². The average Bonchev–Trinajstić information content (AvgIpc) is 2.88. The standard InChI is InChI=1S/C14H15FN2O2/c1-9-2-3-10(6-12(9)15)8-17-14(18)13-5-4-11(7-16)19-13/h2-6H,7-8,16H2,1H3,(H,17,18). The molecule has 0 aliphatic carbocycles. The molecule has 0 saturated heterocycles. The van der Waals surface area contributed by atoms with Crippen molar-refractivity contribution in [2.45, 2.75) is 20.0 Å². The summed E-state index contributed by atoms with van der Waals surface area (Å²) in [5, 5.41) is 2.66. The van der Waals surface area contributed by atoms with Crippen LogP contribution in [0.25, 0.3) is 0 Å². The number of hydrogen-bond acceptors (Lipinski definition) is 3. The van der Waals surface area contributed by atoms with Gasteiger partial charge in [-0.05, 0) is 36.2 Å². The number of nitrogens with one attached hydrogen (secondary N) is 1. The topological polar surface area (TPSA) is 68.3 Å². The molecule has 3 N–H and O–H groups in total. The van der Waals surface area contributed by atoms with E-state index in [4.69, 9.17) is 10.2 Å². The molecule has 1 amide bonds. The summed E-state index contributed by atoms with van der Waals surface area (Å²) >= 11 is 0. The molecular formula is C14H15FN2O2. The molecule has 0 aliphatic rings. The highest BCUT2D eigenvalue weighted by atomic mass is 19.1. The van der Waals surface area contributed by atoms with Crippen LogP contribution in [-0.2, 0) is 13.1 Å². The molecule has 2 aromatic rings. The molecule has 0 aliphatic heterocycles. The van der Waals surface area contributed by atoms with Gasteiger partial charge >= 0.3 is 0 Å². The fraction of sp³-hybridized carbons (Fsp3) is 0.214. The van der Waals surface area contributed by atoms with Gasteiger partial charge in [0.05, 0.1) is 6.54 Å². The quantitative estimate of drug-likeness (QED) is 0.886. The van der Waals surface area contributed by atoms with Crippen LogP contribution in [-0.4, -0.2) is 5.91 Å². The smallest absolute Gasteiger partial charge is 0.287 e. The zero-order valence-electron chi connectivity index (χ0n) is 10.6. The lowest BCUT2D eigenvalue weighted by Gasteiger charge is -2.05. The number of hydrogen-bond donors (Lipinski definition) is 2. The van der Waals surface area contributed by atoms with Gasteiger partial charge in [0.15, 0.2) is 5.76 Å². The van der Waals surface area contributed by atoms with Crippen molar-refractivity contribution in [3.05, 3.63) is 58.8 Å². The Morgan fingerprint density at radius 3 is 2.79 bits per heavy atom. The van der Waals surface area contributed by atoms with Crippen molar-refractivity contribution in [1.29, 1.82) is 0 Å². The second kappa shape index (κ2) is 5.67. The third-order valence-electron chi connectivity index (χ3n) is 2.78. The second-order valence-electron chi connectivity index (χ2n) is 4.24. The van der Waals surface area contributed by atoms with E-state index in [2.05, 4.69) is 5.32 Å². The van der Waals surface area contributed by atoms with Gasteiger partial charge in [0.25, 0.3) is 5.91 Å². The maximum atomic E-state index is 13.3. The zero-order valence-corrected chi connectivity index (χ0v) is 10.6. The lowest BCUT2D eigenvalue weighted by Crippen LogP contribution is -2.22. The normalized spacial score (nSPS) is 10.5. The van der Waals surface area contributed by atoms with Gasteiger partial charge in [-0.1, -0.05) is 12.1 Å². The fourth-order valence-electron chi connectivity index (χ4n) is 1.63.